The van der Waals surface area contributed by atoms with E-state index in [2.05, 4.69) is 15.4 Å². The van der Waals surface area contributed by atoms with Gasteiger partial charge in [0.1, 0.15) is 12.4 Å². The number of hydrogen-bond acceptors (Lipinski definition) is 6. The number of halogens is 1. The molecule has 0 aliphatic rings. The lowest BCUT2D eigenvalue weighted by Gasteiger charge is -2.08. The molecule has 0 aliphatic carbocycles. The van der Waals surface area contributed by atoms with Gasteiger partial charge in [0.2, 0.25) is 0 Å². The van der Waals surface area contributed by atoms with Gasteiger partial charge in [-0.05, 0) is 35.9 Å². The summed E-state index contributed by atoms with van der Waals surface area (Å²) in [6, 6.07) is 11.4. The van der Waals surface area contributed by atoms with Crippen LogP contribution in [0.4, 0.5) is 4.39 Å². The van der Waals surface area contributed by atoms with E-state index in [0.29, 0.717) is 5.56 Å². The zero-order valence-corrected chi connectivity index (χ0v) is 15.6. The Balaban J connectivity index is 1.68. The first-order valence-corrected chi connectivity index (χ1v) is 8.52. The molecule has 2 aromatic rings. The van der Waals surface area contributed by atoms with Crippen LogP contribution in [0.2, 0.25) is 0 Å². The number of amides is 2. The minimum atomic E-state index is -0.813. The quantitative estimate of drug-likeness (QED) is 0.642. The summed E-state index contributed by atoms with van der Waals surface area (Å²) in [6.07, 6.45) is 0. The Labute approximate surface area is 166 Å². The zero-order valence-electron chi connectivity index (χ0n) is 15.6. The van der Waals surface area contributed by atoms with E-state index in [1.54, 1.807) is 24.3 Å². The molecular weight excluding hydrogens is 383 g/mol. The summed E-state index contributed by atoms with van der Waals surface area (Å²) < 4.78 is 22.4. The van der Waals surface area contributed by atoms with Gasteiger partial charge < -0.3 is 20.1 Å². The molecule has 0 radical (unpaired) electrons. The standard InChI is InChI=1S/C20H19FN2O6/c1-28-20(27)14-7-5-13(6-8-14)10-22-17(24)12-29-18(25)11-23-19(26)15-3-2-4-16(21)9-15/h2-9H,10-12H2,1H3,(H,22,24)(H,23,26). The van der Waals surface area contributed by atoms with E-state index in [0.717, 1.165) is 11.6 Å². The molecular formula is C20H19FN2O6. The number of methoxy groups -OCH3 is 1. The van der Waals surface area contributed by atoms with E-state index in [-0.39, 0.29) is 12.1 Å². The Kier molecular flexibility index (Phi) is 7.84. The van der Waals surface area contributed by atoms with Crippen molar-refractivity contribution in [3.8, 4) is 0 Å². The van der Waals surface area contributed by atoms with Crippen LogP contribution >= 0.6 is 0 Å². The third-order valence-electron chi connectivity index (χ3n) is 3.71. The molecule has 2 amide bonds. The molecule has 152 valence electrons. The van der Waals surface area contributed by atoms with E-state index in [1.165, 1.54) is 25.3 Å². The van der Waals surface area contributed by atoms with Gasteiger partial charge in [-0.2, -0.15) is 0 Å². The van der Waals surface area contributed by atoms with Crippen molar-refractivity contribution in [2.75, 3.05) is 20.3 Å². The first-order valence-electron chi connectivity index (χ1n) is 8.52. The molecule has 0 fully saturated rings. The second kappa shape index (κ2) is 10.5. The first kappa shape index (κ1) is 21.5. The summed E-state index contributed by atoms with van der Waals surface area (Å²) in [5.74, 6) is -3.02. The van der Waals surface area contributed by atoms with Crippen molar-refractivity contribution in [3.05, 3.63) is 71.0 Å². The van der Waals surface area contributed by atoms with Crippen LogP contribution in [0.25, 0.3) is 0 Å². The highest BCUT2D eigenvalue weighted by molar-refractivity contribution is 5.96. The topological polar surface area (TPSA) is 111 Å². The summed E-state index contributed by atoms with van der Waals surface area (Å²) in [4.78, 5) is 46.5. The van der Waals surface area contributed by atoms with Gasteiger partial charge in [0.15, 0.2) is 6.61 Å². The van der Waals surface area contributed by atoms with Gasteiger partial charge in [-0.1, -0.05) is 18.2 Å². The monoisotopic (exact) mass is 402 g/mol. The Hall–Kier alpha value is -3.75. The van der Waals surface area contributed by atoms with Crippen LogP contribution in [-0.4, -0.2) is 44.0 Å². The molecule has 0 aromatic heterocycles. The molecule has 2 N–H and O–H groups in total. The SMILES string of the molecule is COC(=O)c1ccc(CNC(=O)COC(=O)CNC(=O)c2cccc(F)c2)cc1. The highest BCUT2D eigenvalue weighted by Gasteiger charge is 2.11. The average molecular weight is 402 g/mol. The summed E-state index contributed by atoms with van der Waals surface area (Å²) in [6.45, 7) is -0.805. The van der Waals surface area contributed by atoms with Crippen molar-refractivity contribution in [1.29, 1.82) is 0 Å². The fourth-order valence-electron chi connectivity index (χ4n) is 2.21. The lowest BCUT2D eigenvalue weighted by molar-refractivity contribution is -0.147. The molecule has 29 heavy (non-hydrogen) atoms. The van der Waals surface area contributed by atoms with E-state index in [1.807, 2.05) is 0 Å². The number of rotatable bonds is 8. The van der Waals surface area contributed by atoms with Crippen LogP contribution in [0.15, 0.2) is 48.5 Å². The van der Waals surface area contributed by atoms with Crippen LogP contribution in [-0.2, 0) is 25.6 Å². The predicted molar refractivity (Wildman–Crippen MR) is 99.3 cm³/mol. The van der Waals surface area contributed by atoms with Crippen LogP contribution in [0.1, 0.15) is 26.3 Å². The fourth-order valence-corrected chi connectivity index (χ4v) is 2.21. The molecule has 2 aromatic carbocycles. The summed E-state index contributed by atoms with van der Waals surface area (Å²) in [5, 5.41) is 4.83. The van der Waals surface area contributed by atoms with Gasteiger partial charge in [0, 0.05) is 12.1 Å². The van der Waals surface area contributed by atoms with Crippen molar-refractivity contribution >= 4 is 23.8 Å². The molecule has 0 unspecified atom stereocenters. The van der Waals surface area contributed by atoms with Gasteiger partial charge in [-0.15, -0.1) is 0 Å². The third-order valence-corrected chi connectivity index (χ3v) is 3.71. The van der Waals surface area contributed by atoms with E-state index >= 15 is 0 Å². The van der Waals surface area contributed by atoms with Crippen molar-refractivity contribution in [2.24, 2.45) is 0 Å². The number of ether oxygens (including phenoxy) is 2. The molecule has 0 aliphatic heterocycles. The highest BCUT2D eigenvalue weighted by Crippen LogP contribution is 2.05. The predicted octanol–water partition coefficient (Wildman–Crippen LogP) is 1.20. The summed E-state index contributed by atoms with van der Waals surface area (Å²) in [5.41, 5.74) is 1.19. The Bertz CT molecular complexity index is 898. The van der Waals surface area contributed by atoms with Crippen LogP contribution in [0.3, 0.4) is 0 Å². The molecule has 0 spiro atoms. The van der Waals surface area contributed by atoms with Crippen molar-refractivity contribution in [1.82, 2.24) is 10.6 Å². The minimum absolute atomic E-state index is 0.0637. The number of esters is 2. The van der Waals surface area contributed by atoms with E-state index < -0.39 is 42.7 Å². The van der Waals surface area contributed by atoms with E-state index in [9.17, 15) is 23.6 Å². The molecule has 0 bridgehead atoms. The van der Waals surface area contributed by atoms with Gasteiger partial charge in [0.05, 0.1) is 12.7 Å². The molecule has 9 heteroatoms. The van der Waals surface area contributed by atoms with Crippen LogP contribution in [0, 0.1) is 5.82 Å². The smallest absolute Gasteiger partial charge is 0.337 e. The first-order chi connectivity index (χ1) is 13.9. The molecule has 0 heterocycles. The van der Waals surface area contributed by atoms with Gasteiger partial charge in [-0.3, -0.25) is 14.4 Å². The van der Waals surface area contributed by atoms with Crippen LogP contribution < -0.4 is 10.6 Å². The maximum Gasteiger partial charge on any atom is 0.337 e. The lowest BCUT2D eigenvalue weighted by Crippen LogP contribution is -2.33. The summed E-state index contributed by atoms with van der Waals surface area (Å²) >= 11 is 0. The average Bonchev–Trinajstić information content (AvgIpc) is 2.74. The number of nitrogens with one attached hydrogen (secondary N) is 2. The number of carbonyl (C=O) groups is 4. The molecule has 0 atom stereocenters. The number of carbonyl (C=O) groups excluding carboxylic acids is 4. The maximum absolute atomic E-state index is 13.1. The minimum Gasteiger partial charge on any atom is -0.465 e. The Morgan fingerprint density at radius 2 is 1.69 bits per heavy atom. The highest BCUT2D eigenvalue weighted by atomic mass is 19.1. The van der Waals surface area contributed by atoms with Gasteiger partial charge in [-0.25, -0.2) is 9.18 Å². The molecule has 0 saturated heterocycles. The summed E-state index contributed by atoms with van der Waals surface area (Å²) in [7, 11) is 1.28. The lowest BCUT2D eigenvalue weighted by atomic mass is 10.1. The number of benzene rings is 2. The van der Waals surface area contributed by atoms with Crippen LogP contribution in [0.5, 0.6) is 0 Å². The number of hydrogen-bond donors (Lipinski definition) is 2. The molecule has 0 saturated carbocycles. The molecule has 2 rings (SSSR count). The van der Waals surface area contributed by atoms with E-state index in [4.69, 9.17) is 4.74 Å². The second-order valence-corrected chi connectivity index (χ2v) is 5.82. The van der Waals surface area contributed by atoms with Crippen molar-refractivity contribution < 1.29 is 33.0 Å². The van der Waals surface area contributed by atoms with Crippen molar-refractivity contribution in [2.45, 2.75) is 6.54 Å². The van der Waals surface area contributed by atoms with Crippen molar-refractivity contribution in [3.63, 3.8) is 0 Å². The zero-order chi connectivity index (χ0) is 21.2. The Morgan fingerprint density at radius 1 is 0.966 bits per heavy atom. The largest absolute Gasteiger partial charge is 0.465 e. The Morgan fingerprint density at radius 3 is 2.34 bits per heavy atom. The fraction of sp³-hybridized carbons (Fsp3) is 0.200. The second-order valence-electron chi connectivity index (χ2n) is 5.82. The normalized spacial score (nSPS) is 10.0. The molecule has 8 nitrogen and oxygen atoms in total. The van der Waals surface area contributed by atoms with Gasteiger partial charge >= 0.3 is 11.9 Å². The maximum atomic E-state index is 13.1. The van der Waals surface area contributed by atoms with Gasteiger partial charge in [0.25, 0.3) is 11.8 Å². The third kappa shape index (κ3) is 7.06.